The zero-order valence-electron chi connectivity index (χ0n) is 18.5. The quantitative estimate of drug-likeness (QED) is 0.632. The summed E-state index contributed by atoms with van der Waals surface area (Å²) in [5.41, 5.74) is 0.321. The fourth-order valence-corrected chi connectivity index (χ4v) is 4.67. The summed E-state index contributed by atoms with van der Waals surface area (Å²) in [4.78, 5) is 31.9. The molecule has 1 fully saturated rings. The van der Waals surface area contributed by atoms with Crippen LogP contribution < -0.4 is 24.5 Å². The molecule has 5 rings (SSSR count). The van der Waals surface area contributed by atoms with Gasteiger partial charge in [0.05, 0.1) is 32.2 Å². The summed E-state index contributed by atoms with van der Waals surface area (Å²) in [5.74, 6) is 1.18. The first-order chi connectivity index (χ1) is 16.0. The van der Waals surface area contributed by atoms with Crippen LogP contribution in [0.3, 0.4) is 0 Å². The van der Waals surface area contributed by atoms with Crippen LogP contribution in [0.5, 0.6) is 17.2 Å². The van der Waals surface area contributed by atoms with Gasteiger partial charge >= 0.3 is 5.97 Å². The minimum absolute atomic E-state index is 0.219. The van der Waals surface area contributed by atoms with E-state index in [1.165, 1.54) is 6.20 Å². The summed E-state index contributed by atoms with van der Waals surface area (Å²) in [6.45, 7) is 1.68. The van der Waals surface area contributed by atoms with Crippen LogP contribution in [0.1, 0.15) is 35.2 Å². The molecule has 0 radical (unpaired) electrons. The first-order valence-corrected chi connectivity index (χ1v) is 10.9. The Labute approximate surface area is 190 Å². The number of aromatic nitrogens is 2. The fourth-order valence-electron chi connectivity index (χ4n) is 4.67. The molecule has 9 nitrogen and oxygen atoms in total. The van der Waals surface area contributed by atoms with Crippen LogP contribution in [-0.4, -0.2) is 54.0 Å². The molecule has 1 unspecified atom stereocenters. The Morgan fingerprint density at radius 3 is 2.85 bits per heavy atom. The van der Waals surface area contributed by atoms with Crippen molar-refractivity contribution in [1.82, 2.24) is 9.55 Å². The minimum Gasteiger partial charge on any atom is -0.497 e. The molecule has 2 aromatic heterocycles. The van der Waals surface area contributed by atoms with Crippen molar-refractivity contribution in [1.29, 1.82) is 0 Å². The van der Waals surface area contributed by atoms with Gasteiger partial charge in [0.15, 0.2) is 11.6 Å². The lowest BCUT2D eigenvalue weighted by molar-refractivity contribution is 0.0695. The summed E-state index contributed by atoms with van der Waals surface area (Å²) < 4.78 is 18.4. The maximum absolute atomic E-state index is 13.0. The van der Waals surface area contributed by atoms with Crippen LogP contribution in [-0.2, 0) is 6.54 Å². The zero-order valence-corrected chi connectivity index (χ0v) is 18.5. The average molecular weight is 451 g/mol. The van der Waals surface area contributed by atoms with Gasteiger partial charge < -0.3 is 28.8 Å². The van der Waals surface area contributed by atoms with Gasteiger partial charge in [-0.15, -0.1) is 0 Å². The Morgan fingerprint density at radius 2 is 2.09 bits per heavy atom. The number of piperidine rings is 1. The van der Waals surface area contributed by atoms with Crippen molar-refractivity contribution in [2.45, 2.75) is 31.8 Å². The monoisotopic (exact) mass is 451 g/mol. The van der Waals surface area contributed by atoms with Crippen LogP contribution >= 0.6 is 0 Å². The summed E-state index contributed by atoms with van der Waals surface area (Å²) in [6, 6.07) is 7.32. The number of hydrogen-bond donors (Lipinski definition) is 1. The molecule has 1 atom stereocenters. The van der Waals surface area contributed by atoms with E-state index in [9.17, 15) is 14.7 Å². The molecule has 1 N–H and O–H groups in total. The van der Waals surface area contributed by atoms with Crippen molar-refractivity contribution in [3.05, 3.63) is 51.8 Å². The van der Waals surface area contributed by atoms with Gasteiger partial charge in [-0.05, 0) is 37.5 Å². The van der Waals surface area contributed by atoms with Crippen molar-refractivity contribution >= 4 is 22.8 Å². The van der Waals surface area contributed by atoms with Crippen LogP contribution in [0.4, 0.5) is 5.82 Å². The molecule has 4 heterocycles. The lowest BCUT2D eigenvalue weighted by atomic mass is 10.0. The molecule has 0 aliphatic carbocycles. The van der Waals surface area contributed by atoms with Crippen LogP contribution in [0, 0.1) is 0 Å². The molecule has 0 bridgehead atoms. The highest BCUT2D eigenvalue weighted by atomic mass is 16.5. The maximum Gasteiger partial charge on any atom is 0.341 e. The van der Waals surface area contributed by atoms with Crippen LogP contribution in [0.2, 0.25) is 0 Å². The van der Waals surface area contributed by atoms with Gasteiger partial charge in [-0.1, -0.05) is 0 Å². The number of carbonyl (C=O) groups is 1. The number of rotatable bonds is 5. The number of pyridine rings is 2. The fraction of sp³-hybridized carbons (Fsp3) is 0.375. The molecule has 2 aliphatic rings. The largest absolute Gasteiger partial charge is 0.497 e. The summed E-state index contributed by atoms with van der Waals surface area (Å²) >= 11 is 0. The molecular weight excluding hydrogens is 426 g/mol. The predicted molar refractivity (Wildman–Crippen MR) is 122 cm³/mol. The molecule has 33 heavy (non-hydrogen) atoms. The Kier molecular flexibility index (Phi) is 5.32. The second-order valence-electron chi connectivity index (χ2n) is 8.32. The van der Waals surface area contributed by atoms with Crippen molar-refractivity contribution < 1.29 is 24.1 Å². The minimum atomic E-state index is -1.29. The number of methoxy groups -OCH3 is 2. The Bertz CT molecular complexity index is 1300. The van der Waals surface area contributed by atoms with Gasteiger partial charge in [0, 0.05) is 24.4 Å². The molecule has 1 saturated heterocycles. The molecule has 9 heteroatoms. The number of benzene rings is 1. The third-order valence-electron chi connectivity index (χ3n) is 6.39. The van der Waals surface area contributed by atoms with Gasteiger partial charge in [-0.2, -0.15) is 0 Å². The van der Waals surface area contributed by atoms with Crippen LogP contribution in [0.15, 0.2) is 35.3 Å². The van der Waals surface area contributed by atoms with Crippen LogP contribution in [0.25, 0.3) is 11.0 Å². The molecule has 0 spiro atoms. The van der Waals surface area contributed by atoms with E-state index < -0.39 is 11.4 Å². The topological polar surface area (TPSA) is 103 Å². The molecule has 0 saturated carbocycles. The number of fused-ring (bicyclic) bond motifs is 4. The van der Waals surface area contributed by atoms with Crippen molar-refractivity contribution in [2.75, 3.05) is 32.3 Å². The smallest absolute Gasteiger partial charge is 0.341 e. The average Bonchev–Trinajstić information content (AvgIpc) is 2.84. The number of carboxylic acid groups (broad SMARTS) is 1. The van der Waals surface area contributed by atoms with E-state index in [1.54, 1.807) is 30.9 Å². The Hall–Kier alpha value is -3.75. The van der Waals surface area contributed by atoms with E-state index >= 15 is 0 Å². The number of ether oxygens (including phenoxy) is 3. The zero-order chi connectivity index (χ0) is 23.1. The number of nitrogens with zero attached hydrogens (tertiary/aromatic N) is 3. The van der Waals surface area contributed by atoms with E-state index in [0.717, 1.165) is 31.4 Å². The van der Waals surface area contributed by atoms with Gasteiger partial charge in [0.25, 0.3) is 0 Å². The van der Waals surface area contributed by atoms with Crippen molar-refractivity contribution in [3.63, 3.8) is 0 Å². The molecule has 2 aliphatic heterocycles. The number of hydrogen-bond acceptors (Lipinski definition) is 7. The molecule has 1 aromatic carbocycles. The van der Waals surface area contributed by atoms with E-state index in [2.05, 4.69) is 4.90 Å². The van der Waals surface area contributed by atoms with Gasteiger partial charge in [-0.25, -0.2) is 9.78 Å². The normalized spacial score (nSPS) is 17.2. The van der Waals surface area contributed by atoms with E-state index in [4.69, 9.17) is 19.2 Å². The standard InChI is InChI=1S/C24H25N3O6/c1-31-16-7-6-14(19(9-16)32-2)11-26-12-18(24(29)30)21(28)17-10-20-23(25-22(17)26)27-8-4-3-5-15(27)13-33-20/h6-7,9-10,12,15H,3-5,8,11,13H2,1-2H3,(H,29,30). The first-order valence-electron chi connectivity index (χ1n) is 10.9. The Balaban J connectivity index is 1.70. The summed E-state index contributed by atoms with van der Waals surface area (Å²) in [7, 11) is 3.14. The second kappa shape index (κ2) is 8.31. The van der Waals surface area contributed by atoms with Crippen molar-refractivity contribution in [2.24, 2.45) is 0 Å². The van der Waals surface area contributed by atoms with Gasteiger partial charge in [0.1, 0.15) is 29.3 Å². The lowest BCUT2D eigenvalue weighted by Crippen LogP contribution is -2.46. The molecule has 172 valence electrons. The van der Waals surface area contributed by atoms with Gasteiger partial charge in [-0.3, -0.25) is 4.79 Å². The predicted octanol–water partition coefficient (Wildman–Crippen LogP) is 2.91. The highest BCUT2D eigenvalue weighted by Crippen LogP contribution is 2.37. The Morgan fingerprint density at radius 1 is 1.24 bits per heavy atom. The number of aromatic carboxylic acids is 1. The first kappa shape index (κ1) is 21.1. The summed E-state index contributed by atoms with van der Waals surface area (Å²) in [5, 5.41) is 9.88. The highest BCUT2D eigenvalue weighted by molar-refractivity contribution is 5.92. The lowest BCUT2D eigenvalue weighted by Gasteiger charge is -2.40. The van der Waals surface area contributed by atoms with E-state index in [1.807, 2.05) is 12.1 Å². The van der Waals surface area contributed by atoms with Crippen molar-refractivity contribution in [3.8, 4) is 17.2 Å². The number of carboxylic acids is 1. The number of anilines is 1. The second-order valence-corrected chi connectivity index (χ2v) is 8.32. The maximum atomic E-state index is 13.0. The van der Waals surface area contributed by atoms with E-state index in [-0.39, 0.29) is 23.5 Å². The molecule has 0 amide bonds. The van der Waals surface area contributed by atoms with Gasteiger partial charge in [0.2, 0.25) is 5.43 Å². The third kappa shape index (κ3) is 3.63. The SMILES string of the molecule is COc1ccc(Cn2cc(C(=O)O)c(=O)c3cc4c(nc32)N2CCCCC2CO4)c(OC)c1. The third-order valence-corrected chi connectivity index (χ3v) is 6.39. The highest BCUT2D eigenvalue weighted by Gasteiger charge is 2.32. The summed E-state index contributed by atoms with van der Waals surface area (Å²) in [6.07, 6.45) is 4.61. The molecular formula is C24H25N3O6. The molecule has 3 aromatic rings. The van der Waals surface area contributed by atoms with E-state index in [0.29, 0.717) is 35.3 Å².